The fraction of sp³-hybridized carbons (Fsp3) is 0.222. The first-order valence-corrected chi connectivity index (χ1v) is 22.5. The van der Waals surface area contributed by atoms with Crippen LogP contribution >= 0.6 is 0 Å². The molecule has 6 heterocycles. The molecule has 0 saturated carbocycles. The second-order valence-electron chi connectivity index (χ2n) is 19.1. The van der Waals surface area contributed by atoms with Crippen LogP contribution in [0.25, 0.3) is 87.9 Å². The second kappa shape index (κ2) is 15.5. The molecule has 0 bridgehead atoms. The Kier molecular flexibility index (Phi) is 9.83. The Hall–Kier alpha value is -6.69. The summed E-state index contributed by atoms with van der Waals surface area (Å²) in [5, 5.41) is 4.29. The van der Waals surface area contributed by atoms with Crippen molar-refractivity contribution in [3.63, 3.8) is 0 Å². The van der Waals surface area contributed by atoms with Crippen molar-refractivity contribution in [3.8, 4) is 22.3 Å². The molecule has 0 amide bonds. The number of fused-ring (bicyclic) bond motifs is 6. The van der Waals surface area contributed by atoms with Crippen molar-refractivity contribution in [2.24, 2.45) is 0 Å². The van der Waals surface area contributed by atoms with Gasteiger partial charge in [0, 0.05) is 46.8 Å². The van der Waals surface area contributed by atoms with Gasteiger partial charge in [-0.3, -0.25) is 9.97 Å². The van der Waals surface area contributed by atoms with E-state index in [4.69, 9.17) is 38.6 Å². The van der Waals surface area contributed by atoms with Gasteiger partial charge in [0.1, 0.15) is 0 Å². The standard InChI is InChI=1S/C28H32B2N2O4.C26H16N4/c1-25(2)26(3,4)34-29(33-25)21-17-13-9-10-14-18(17)22(30-35-27(5,6)28(7,8)36-30)24-23(21)31-19-15-11-12-16-20(19)32-24;1-2-6-20-19(5-1)23(17-9-13-27-14-10-17)25-26(24(20)18-11-15-28-16-12-18)30-22-8-4-3-7-21(22)29-25/h9-16H,1-8H3;1-16H. The maximum atomic E-state index is 6.56. The number of aromatic nitrogens is 6. The number of nitrogens with zero attached hydrogens (tertiary/aromatic N) is 6. The first-order valence-electron chi connectivity index (χ1n) is 22.5. The van der Waals surface area contributed by atoms with Crippen molar-refractivity contribution < 1.29 is 18.6 Å². The van der Waals surface area contributed by atoms with Gasteiger partial charge in [-0.1, -0.05) is 72.8 Å². The molecule has 66 heavy (non-hydrogen) atoms. The maximum Gasteiger partial charge on any atom is 0.497 e. The molecule has 0 radical (unpaired) electrons. The van der Waals surface area contributed by atoms with E-state index in [9.17, 15) is 0 Å². The minimum atomic E-state index is -0.592. The Morgan fingerprint density at radius 1 is 0.333 bits per heavy atom. The summed E-state index contributed by atoms with van der Waals surface area (Å²) in [5.74, 6) is 0. The lowest BCUT2D eigenvalue weighted by molar-refractivity contribution is 0.00578. The maximum absolute atomic E-state index is 6.56. The number of hydrogen-bond donors (Lipinski definition) is 0. The Bertz CT molecular complexity index is 3270. The predicted octanol–water partition coefficient (Wildman–Crippen LogP) is 10.6. The minimum Gasteiger partial charge on any atom is -0.399 e. The molecule has 0 unspecified atom stereocenters. The molecule has 4 aromatic heterocycles. The van der Waals surface area contributed by atoms with Crippen molar-refractivity contribution in [1.29, 1.82) is 0 Å². The van der Waals surface area contributed by atoms with E-state index >= 15 is 0 Å². The van der Waals surface area contributed by atoms with Crippen molar-refractivity contribution in [3.05, 3.63) is 146 Å². The number of hydrogen-bond acceptors (Lipinski definition) is 10. The van der Waals surface area contributed by atoms with Crippen molar-refractivity contribution in [1.82, 2.24) is 29.9 Å². The van der Waals surface area contributed by atoms with Gasteiger partial charge < -0.3 is 18.6 Å². The van der Waals surface area contributed by atoms with E-state index in [0.29, 0.717) is 0 Å². The fourth-order valence-corrected chi connectivity index (χ4v) is 9.13. The van der Waals surface area contributed by atoms with Gasteiger partial charge in [0.25, 0.3) is 0 Å². The third-order valence-corrected chi connectivity index (χ3v) is 14.0. The average Bonchev–Trinajstić information content (AvgIpc) is 3.67. The molecule has 6 aromatic carbocycles. The molecule has 2 aliphatic heterocycles. The summed E-state index contributed by atoms with van der Waals surface area (Å²) in [7, 11) is -1.18. The van der Waals surface area contributed by atoms with Crippen LogP contribution in [0.1, 0.15) is 55.4 Å². The quantitative estimate of drug-likeness (QED) is 0.125. The average molecular weight is 867 g/mol. The normalized spacial score (nSPS) is 17.3. The molecule has 2 fully saturated rings. The number of pyridine rings is 2. The van der Waals surface area contributed by atoms with E-state index in [1.807, 2.05) is 110 Å². The zero-order chi connectivity index (χ0) is 45.6. The van der Waals surface area contributed by atoms with Crippen molar-refractivity contribution >= 4 is 90.8 Å². The van der Waals surface area contributed by atoms with Crippen LogP contribution in [0.4, 0.5) is 0 Å². The lowest BCUT2D eigenvalue weighted by Gasteiger charge is -2.32. The minimum absolute atomic E-state index is 0.486. The van der Waals surface area contributed by atoms with Gasteiger partial charge in [0.2, 0.25) is 0 Å². The van der Waals surface area contributed by atoms with Crippen LogP contribution in [0, 0.1) is 0 Å². The summed E-state index contributed by atoms with van der Waals surface area (Å²) in [6.45, 7) is 16.5. The molecule has 2 saturated heterocycles. The van der Waals surface area contributed by atoms with Crippen molar-refractivity contribution in [2.45, 2.75) is 77.8 Å². The highest BCUT2D eigenvalue weighted by Gasteiger charge is 2.55. The molecule has 324 valence electrons. The lowest BCUT2D eigenvalue weighted by atomic mass is 9.68. The molecule has 12 heteroatoms. The van der Waals surface area contributed by atoms with Crippen molar-refractivity contribution in [2.75, 3.05) is 0 Å². The Morgan fingerprint density at radius 3 is 0.924 bits per heavy atom. The summed E-state index contributed by atoms with van der Waals surface area (Å²) < 4.78 is 26.2. The molecule has 0 aliphatic carbocycles. The summed E-state index contributed by atoms with van der Waals surface area (Å²) >= 11 is 0. The highest BCUT2D eigenvalue weighted by atomic mass is 16.7. The monoisotopic (exact) mass is 866 g/mol. The molecule has 0 atom stereocenters. The van der Waals surface area contributed by atoms with E-state index in [1.54, 1.807) is 0 Å². The molecule has 0 N–H and O–H groups in total. The molecule has 10 aromatic rings. The SMILES string of the molecule is CC1(C)OB(c2c3ccccc3c(B3OC(C)(C)C(C)(C)O3)c3nc4ccccc4nc23)OC1(C)C.c1ccc2nc3c(-c4ccncc4)c4ccccc4c(-c4ccncc4)c3nc2c1. The molecule has 0 spiro atoms. The predicted molar refractivity (Wildman–Crippen MR) is 267 cm³/mol. The van der Waals surface area contributed by atoms with Gasteiger partial charge in [-0.05, 0) is 137 Å². The molecule has 12 rings (SSSR count). The van der Waals surface area contributed by atoms with Gasteiger partial charge in [0.15, 0.2) is 0 Å². The van der Waals surface area contributed by atoms with E-state index in [2.05, 4.69) is 102 Å². The lowest BCUT2D eigenvalue weighted by Crippen LogP contribution is -2.41. The molecule has 10 nitrogen and oxygen atoms in total. The van der Waals surface area contributed by atoms with Crippen LogP contribution < -0.4 is 10.9 Å². The summed E-state index contributed by atoms with van der Waals surface area (Å²) in [4.78, 5) is 28.9. The summed E-state index contributed by atoms with van der Waals surface area (Å²) in [6.07, 6.45) is 7.28. The fourth-order valence-electron chi connectivity index (χ4n) is 9.13. The van der Waals surface area contributed by atoms with Gasteiger partial charge in [0.05, 0.1) is 66.5 Å². The van der Waals surface area contributed by atoms with Crippen LogP contribution in [0.3, 0.4) is 0 Å². The largest absolute Gasteiger partial charge is 0.497 e. The topological polar surface area (TPSA) is 114 Å². The smallest absolute Gasteiger partial charge is 0.399 e. The highest BCUT2D eigenvalue weighted by molar-refractivity contribution is 6.73. The van der Waals surface area contributed by atoms with Crippen LogP contribution in [-0.2, 0) is 18.6 Å². The molecule has 2 aliphatic rings. The third-order valence-electron chi connectivity index (χ3n) is 14.0. The Labute approximate surface area is 384 Å². The first kappa shape index (κ1) is 42.0. The molecular weight excluding hydrogens is 818 g/mol. The molecular formula is C54H48B2N6O4. The van der Waals surface area contributed by atoms with Crippen LogP contribution in [0.15, 0.2) is 146 Å². The van der Waals surface area contributed by atoms with Crippen LogP contribution in [0.5, 0.6) is 0 Å². The van der Waals surface area contributed by atoms with Crippen LogP contribution in [0.2, 0.25) is 0 Å². The number of para-hydroxylation sites is 4. The van der Waals surface area contributed by atoms with E-state index in [0.717, 1.165) is 98.9 Å². The van der Waals surface area contributed by atoms with Gasteiger partial charge in [-0.2, -0.15) is 0 Å². The van der Waals surface area contributed by atoms with Gasteiger partial charge >= 0.3 is 14.2 Å². The number of benzene rings is 6. The zero-order valence-corrected chi connectivity index (χ0v) is 38.3. The number of rotatable bonds is 4. The summed E-state index contributed by atoms with van der Waals surface area (Å²) in [5.41, 5.74) is 10.8. The first-order chi connectivity index (χ1) is 31.7. The highest BCUT2D eigenvalue weighted by Crippen LogP contribution is 2.43. The Morgan fingerprint density at radius 2 is 0.606 bits per heavy atom. The summed E-state index contributed by atoms with van der Waals surface area (Å²) in [6, 6.07) is 40.8. The van der Waals surface area contributed by atoms with E-state index in [1.165, 1.54) is 0 Å². The third kappa shape index (κ3) is 6.81. The Balaban J connectivity index is 0.000000148. The van der Waals surface area contributed by atoms with Gasteiger partial charge in [-0.15, -0.1) is 0 Å². The van der Waals surface area contributed by atoms with E-state index < -0.39 is 36.6 Å². The second-order valence-corrected chi connectivity index (χ2v) is 19.1. The van der Waals surface area contributed by atoms with E-state index in [-0.39, 0.29) is 0 Å². The van der Waals surface area contributed by atoms with Gasteiger partial charge in [-0.25, -0.2) is 19.9 Å². The zero-order valence-electron chi connectivity index (χ0n) is 38.3. The van der Waals surface area contributed by atoms with Crippen LogP contribution in [-0.4, -0.2) is 66.5 Å².